The monoisotopic (exact) mass is 400 g/mol. The highest BCUT2D eigenvalue weighted by molar-refractivity contribution is 5.96. The molecule has 7 nitrogen and oxygen atoms in total. The van der Waals surface area contributed by atoms with Crippen molar-refractivity contribution in [3.05, 3.63) is 41.5 Å². The Morgan fingerprint density at radius 2 is 1.79 bits per heavy atom. The van der Waals surface area contributed by atoms with Crippen LogP contribution in [0.4, 0.5) is 0 Å². The maximum absolute atomic E-state index is 12.1. The molecule has 154 valence electrons. The zero-order chi connectivity index (χ0) is 21.0. The molecule has 0 radical (unpaired) electrons. The Hall–Kier alpha value is -3.22. The lowest BCUT2D eigenvalue weighted by atomic mass is 9.95. The van der Waals surface area contributed by atoms with Crippen LogP contribution in [0.5, 0.6) is 17.2 Å². The van der Waals surface area contributed by atoms with E-state index < -0.39 is 5.97 Å². The predicted molar refractivity (Wildman–Crippen MR) is 105 cm³/mol. The summed E-state index contributed by atoms with van der Waals surface area (Å²) < 4.78 is 27.1. The Balaban J connectivity index is 2.00. The molecule has 0 saturated heterocycles. The van der Waals surface area contributed by atoms with Gasteiger partial charge in [-0.2, -0.15) is 0 Å². The topological polar surface area (TPSA) is 80.3 Å². The molecule has 0 amide bonds. The van der Waals surface area contributed by atoms with Crippen LogP contribution in [0, 0.1) is 5.92 Å². The molecule has 7 heteroatoms. The second-order valence-electron chi connectivity index (χ2n) is 6.95. The standard InChI is InChI=1S/C22H24O7/c1-13(2)10-27-19(23)12-28-20-15(8-9-18(25-3)21(20)26-4)14-6-5-7-16-17(14)11-29-22(16)24/h5-9,13H,10-12H2,1-4H3. The van der Waals surface area contributed by atoms with Crippen LogP contribution in [0.2, 0.25) is 0 Å². The highest BCUT2D eigenvalue weighted by atomic mass is 16.6. The van der Waals surface area contributed by atoms with Crippen molar-refractivity contribution in [2.24, 2.45) is 5.92 Å². The van der Waals surface area contributed by atoms with Crippen molar-refractivity contribution in [3.8, 4) is 28.4 Å². The van der Waals surface area contributed by atoms with Crippen molar-refractivity contribution < 1.29 is 33.3 Å². The van der Waals surface area contributed by atoms with Gasteiger partial charge in [0.05, 0.1) is 26.4 Å². The average molecular weight is 400 g/mol. The third-order valence-corrected chi connectivity index (χ3v) is 4.45. The predicted octanol–water partition coefficient (Wildman–Crippen LogP) is 3.62. The van der Waals surface area contributed by atoms with Crippen molar-refractivity contribution >= 4 is 11.9 Å². The van der Waals surface area contributed by atoms with E-state index in [0.29, 0.717) is 35.0 Å². The molecular formula is C22H24O7. The number of rotatable bonds is 8. The summed E-state index contributed by atoms with van der Waals surface area (Å²) >= 11 is 0. The summed E-state index contributed by atoms with van der Waals surface area (Å²) in [5.74, 6) is 0.533. The van der Waals surface area contributed by atoms with Gasteiger partial charge in [0.2, 0.25) is 5.75 Å². The largest absolute Gasteiger partial charge is 0.493 e. The van der Waals surface area contributed by atoms with Crippen LogP contribution < -0.4 is 14.2 Å². The molecule has 0 spiro atoms. The van der Waals surface area contributed by atoms with Crippen LogP contribution in [0.15, 0.2) is 30.3 Å². The van der Waals surface area contributed by atoms with Gasteiger partial charge in [-0.25, -0.2) is 9.59 Å². The molecule has 0 bridgehead atoms. The van der Waals surface area contributed by atoms with E-state index in [1.165, 1.54) is 14.2 Å². The number of hydrogen-bond donors (Lipinski definition) is 0. The van der Waals surface area contributed by atoms with Gasteiger partial charge in [0.25, 0.3) is 0 Å². The number of cyclic esters (lactones) is 1. The summed E-state index contributed by atoms with van der Waals surface area (Å²) in [7, 11) is 3.01. The number of ether oxygens (including phenoxy) is 5. The van der Waals surface area contributed by atoms with Crippen LogP contribution in [-0.2, 0) is 20.9 Å². The highest BCUT2D eigenvalue weighted by Crippen LogP contribution is 2.46. The average Bonchev–Trinajstić information content (AvgIpc) is 3.11. The van der Waals surface area contributed by atoms with Crippen LogP contribution in [-0.4, -0.2) is 39.4 Å². The van der Waals surface area contributed by atoms with Gasteiger partial charge in [0, 0.05) is 11.1 Å². The zero-order valence-electron chi connectivity index (χ0n) is 16.9. The van der Waals surface area contributed by atoms with Crippen molar-refractivity contribution in [3.63, 3.8) is 0 Å². The molecule has 2 aromatic rings. The van der Waals surface area contributed by atoms with Crippen molar-refractivity contribution in [2.75, 3.05) is 27.4 Å². The van der Waals surface area contributed by atoms with Crippen LogP contribution >= 0.6 is 0 Å². The van der Waals surface area contributed by atoms with E-state index in [9.17, 15) is 9.59 Å². The summed E-state index contributed by atoms with van der Waals surface area (Å²) in [6, 6.07) is 8.91. The first-order valence-electron chi connectivity index (χ1n) is 9.29. The van der Waals surface area contributed by atoms with E-state index in [-0.39, 0.29) is 25.1 Å². The van der Waals surface area contributed by atoms with Gasteiger partial charge >= 0.3 is 11.9 Å². The molecule has 1 aliphatic heterocycles. The molecular weight excluding hydrogens is 376 g/mol. The molecule has 3 rings (SSSR count). The number of fused-ring (bicyclic) bond motifs is 1. The number of esters is 2. The Morgan fingerprint density at radius 3 is 2.48 bits per heavy atom. The van der Waals surface area contributed by atoms with Gasteiger partial charge in [-0.05, 0) is 29.7 Å². The highest BCUT2D eigenvalue weighted by Gasteiger charge is 2.27. The molecule has 0 unspecified atom stereocenters. The Labute approximate surface area is 169 Å². The molecule has 0 aliphatic carbocycles. The number of carbonyl (C=O) groups is 2. The summed E-state index contributed by atoms with van der Waals surface area (Å²) in [6.07, 6.45) is 0. The van der Waals surface area contributed by atoms with Gasteiger partial charge in [0.1, 0.15) is 6.61 Å². The fourth-order valence-electron chi connectivity index (χ4n) is 3.09. The zero-order valence-corrected chi connectivity index (χ0v) is 16.9. The van der Waals surface area contributed by atoms with Gasteiger partial charge in [-0.15, -0.1) is 0 Å². The second kappa shape index (κ2) is 8.86. The van der Waals surface area contributed by atoms with Crippen molar-refractivity contribution in [1.82, 2.24) is 0 Å². The summed E-state index contributed by atoms with van der Waals surface area (Å²) in [4.78, 5) is 24.0. The van der Waals surface area contributed by atoms with E-state index >= 15 is 0 Å². The van der Waals surface area contributed by atoms with Crippen LogP contribution in [0.25, 0.3) is 11.1 Å². The lowest BCUT2D eigenvalue weighted by Gasteiger charge is -2.18. The molecule has 0 fully saturated rings. The quantitative estimate of drug-likeness (QED) is 0.626. The van der Waals surface area contributed by atoms with Crippen LogP contribution in [0.1, 0.15) is 29.8 Å². The SMILES string of the molecule is COc1ccc(-c2cccc3c2COC3=O)c(OCC(=O)OCC(C)C)c1OC. The minimum Gasteiger partial charge on any atom is -0.493 e. The van der Waals surface area contributed by atoms with Gasteiger partial charge in [0.15, 0.2) is 18.1 Å². The number of carbonyl (C=O) groups excluding carboxylic acids is 2. The number of benzene rings is 2. The minimum atomic E-state index is -0.480. The number of methoxy groups -OCH3 is 2. The molecule has 2 aromatic carbocycles. The van der Waals surface area contributed by atoms with E-state index in [4.69, 9.17) is 23.7 Å². The normalized spacial score (nSPS) is 12.4. The van der Waals surface area contributed by atoms with Crippen molar-refractivity contribution in [2.45, 2.75) is 20.5 Å². The Kier molecular flexibility index (Phi) is 6.26. The first-order valence-corrected chi connectivity index (χ1v) is 9.29. The van der Waals surface area contributed by atoms with E-state index in [1.807, 2.05) is 19.9 Å². The molecule has 0 atom stereocenters. The first kappa shape index (κ1) is 20.5. The van der Waals surface area contributed by atoms with Crippen LogP contribution in [0.3, 0.4) is 0 Å². The Morgan fingerprint density at radius 1 is 1.03 bits per heavy atom. The van der Waals surface area contributed by atoms with E-state index in [0.717, 1.165) is 11.1 Å². The van der Waals surface area contributed by atoms with Gasteiger partial charge < -0.3 is 23.7 Å². The van der Waals surface area contributed by atoms with Crippen molar-refractivity contribution in [1.29, 1.82) is 0 Å². The number of hydrogen-bond acceptors (Lipinski definition) is 7. The lowest BCUT2D eigenvalue weighted by molar-refractivity contribution is -0.147. The third kappa shape index (κ3) is 4.29. The fourth-order valence-corrected chi connectivity index (χ4v) is 3.09. The Bertz CT molecular complexity index is 918. The molecule has 29 heavy (non-hydrogen) atoms. The smallest absolute Gasteiger partial charge is 0.344 e. The lowest BCUT2D eigenvalue weighted by Crippen LogP contribution is -2.18. The maximum Gasteiger partial charge on any atom is 0.344 e. The molecule has 1 aliphatic rings. The molecule has 0 N–H and O–H groups in total. The molecule has 0 aromatic heterocycles. The van der Waals surface area contributed by atoms with E-state index in [1.54, 1.807) is 24.3 Å². The van der Waals surface area contributed by atoms with E-state index in [2.05, 4.69) is 0 Å². The fraction of sp³-hybridized carbons (Fsp3) is 0.364. The summed E-state index contributed by atoms with van der Waals surface area (Å²) in [5, 5.41) is 0. The first-order chi connectivity index (χ1) is 14.0. The van der Waals surface area contributed by atoms with Gasteiger partial charge in [-0.1, -0.05) is 26.0 Å². The second-order valence-corrected chi connectivity index (χ2v) is 6.95. The molecule has 0 saturated carbocycles. The van der Waals surface area contributed by atoms with Gasteiger partial charge in [-0.3, -0.25) is 0 Å². The summed E-state index contributed by atoms with van der Waals surface area (Å²) in [6.45, 7) is 4.12. The molecule has 1 heterocycles. The third-order valence-electron chi connectivity index (χ3n) is 4.45. The minimum absolute atomic E-state index is 0.175. The maximum atomic E-state index is 12.1. The summed E-state index contributed by atoms with van der Waals surface area (Å²) in [5.41, 5.74) is 2.70.